The van der Waals surface area contributed by atoms with E-state index in [4.69, 9.17) is 0 Å². The first-order chi connectivity index (χ1) is 9.60. The summed E-state index contributed by atoms with van der Waals surface area (Å²) in [5.74, 6) is 0.149. The van der Waals surface area contributed by atoms with E-state index in [9.17, 15) is 4.79 Å². The zero-order chi connectivity index (χ0) is 14.5. The van der Waals surface area contributed by atoms with Crippen LogP contribution in [0.5, 0.6) is 0 Å². The Kier molecular flexibility index (Phi) is 5.53. The Bertz CT molecular complexity index is 472. The Balaban J connectivity index is 1.90. The van der Waals surface area contributed by atoms with Crippen LogP contribution in [0.1, 0.15) is 51.2 Å². The van der Waals surface area contributed by atoms with Crippen molar-refractivity contribution in [3.8, 4) is 0 Å². The Labute approximate surface area is 126 Å². The van der Waals surface area contributed by atoms with Crippen LogP contribution < -0.4 is 5.32 Å². The molecule has 0 spiro atoms. The Morgan fingerprint density at radius 3 is 2.80 bits per heavy atom. The zero-order valence-electron chi connectivity index (χ0n) is 12.7. The summed E-state index contributed by atoms with van der Waals surface area (Å²) < 4.78 is 0. The van der Waals surface area contributed by atoms with Crippen molar-refractivity contribution >= 4 is 17.7 Å². The summed E-state index contributed by atoms with van der Waals surface area (Å²) in [5, 5.41) is 3.06. The van der Waals surface area contributed by atoms with E-state index >= 15 is 0 Å². The number of benzene rings is 1. The van der Waals surface area contributed by atoms with Crippen LogP contribution >= 0.6 is 11.8 Å². The van der Waals surface area contributed by atoms with Gasteiger partial charge in [0.15, 0.2) is 0 Å². The summed E-state index contributed by atoms with van der Waals surface area (Å²) in [6, 6.07) is 6.94. The number of carbonyl (C=O) groups excluding carboxylic acids is 1. The Hall–Kier alpha value is -0.960. The Morgan fingerprint density at radius 1 is 1.30 bits per heavy atom. The van der Waals surface area contributed by atoms with Gasteiger partial charge in [0.05, 0.1) is 5.25 Å². The summed E-state index contributed by atoms with van der Waals surface area (Å²) >= 11 is 1.67. The maximum absolute atomic E-state index is 12.1. The van der Waals surface area contributed by atoms with E-state index in [1.165, 1.54) is 35.3 Å². The normalized spacial score (nSPS) is 16.6. The van der Waals surface area contributed by atoms with Crippen LogP contribution in [0.3, 0.4) is 0 Å². The van der Waals surface area contributed by atoms with Crippen molar-refractivity contribution in [3.63, 3.8) is 0 Å². The van der Waals surface area contributed by atoms with Crippen LogP contribution in [0.25, 0.3) is 0 Å². The minimum atomic E-state index is -0.0336. The first kappa shape index (κ1) is 15.4. The van der Waals surface area contributed by atoms with Crippen molar-refractivity contribution in [2.75, 3.05) is 0 Å². The fraction of sp³-hybridized carbons (Fsp3) is 0.588. The highest BCUT2D eigenvalue weighted by atomic mass is 32.2. The number of hydrogen-bond donors (Lipinski definition) is 1. The van der Waals surface area contributed by atoms with Crippen LogP contribution in [0.4, 0.5) is 0 Å². The van der Waals surface area contributed by atoms with Gasteiger partial charge >= 0.3 is 0 Å². The van der Waals surface area contributed by atoms with Crippen LogP contribution in [0.2, 0.25) is 0 Å². The van der Waals surface area contributed by atoms with Gasteiger partial charge in [-0.1, -0.05) is 19.4 Å². The van der Waals surface area contributed by atoms with Gasteiger partial charge in [-0.3, -0.25) is 4.79 Å². The minimum Gasteiger partial charge on any atom is -0.353 e. The topological polar surface area (TPSA) is 29.1 Å². The lowest BCUT2D eigenvalue weighted by atomic mass is 10.1. The highest BCUT2D eigenvalue weighted by Gasteiger charge is 2.17. The number of rotatable bonds is 6. The number of carbonyl (C=O) groups is 1. The smallest absolute Gasteiger partial charge is 0.233 e. The molecule has 0 fully saturated rings. The molecule has 1 amide bonds. The third kappa shape index (κ3) is 4.02. The molecule has 0 aromatic heterocycles. The molecule has 2 atom stereocenters. The van der Waals surface area contributed by atoms with Crippen LogP contribution in [0, 0.1) is 0 Å². The van der Waals surface area contributed by atoms with Gasteiger partial charge in [0.25, 0.3) is 0 Å². The molecule has 0 radical (unpaired) electrons. The fourth-order valence-corrected chi connectivity index (χ4v) is 3.68. The predicted molar refractivity (Wildman–Crippen MR) is 86.3 cm³/mol. The number of fused-ring (bicyclic) bond motifs is 1. The predicted octanol–water partition coefficient (Wildman–Crippen LogP) is 3.96. The van der Waals surface area contributed by atoms with Crippen LogP contribution in [-0.2, 0) is 17.6 Å². The number of nitrogens with one attached hydrogen (secondary N) is 1. The second kappa shape index (κ2) is 7.16. The molecule has 1 aliphatic carbocycles. The molecule has 0 heterocycles. The maximum Gasteiger partial charge on any atom is 0.233 e. The summed E-state index contributed by atoms with van der Waals surface area (Å²) in [4.78, 5) is 13.4. The zero-order valence-corrected chi connectivity index (χ0v) is 13.6. The van der Waals surface area contributed by atoms with Crippen molar-refractivity contribution < 1.29 is 4.79 Å². The molecule has 0 saturated carbocycles. The highest BCUT2D eigenvalue weighted by molar-refractivity contribution is 8.00. The third-order valence-electron chi connectivity index (χ3n) is 3.86. The molecule has 1 aromatic rings. The number of thioether (sulfide) groups is 1. The second-order valence-electron chi connectivity index (χ2n) is 5.74. The summed E-state index contributed by atoms with van der Waals surface area (Å²) in [5.41, 5.74) is 2.96. The average Bonchev–Trinajstić information content (AvgIpc) is 2.86. The van der Waals surface area contributed by atoms with Gasteiger partial charge in [-0.2, -0.15) is 0 Å². The summed E-state index contributed by atoms with van der Waals surface area (Å²) in [6.07, 6.45) is 5.83. The lowest BCUT2D eigenvalue weighted by Crippen LogP contribution is -2.37. The van der Waals surface area contributed by atoms with E-state index < -0.39 is 0 Å². The molecule has 2 unspecified atom stereocenters. The van der Waals surface area contributed by atoms with E-state index in [2.05, 4.69) is 37.4 Å². The molecule has 20 heavy (non-hydrogen) atoms. The summed E-state index contributed by atoms with van der Waals surface area (Å²) in [6.45, 7) is 6.21. The largest absolute Gasteiger partial charge is 0.353 e. The Morgan fingerprint density at radius 2 is 2.05 bits per heavy atom. The molecular weight excluding hydrogens is 266 g/mol. The SMILES string of the molecule is CCCC(C)NC(=O)C(C)Sc1ccc2c(c1)CCC2. The van der Waals surface area contributed by atoms with Crippen molar-refractivity contribution in [1.29, 1.82) is 0 Å². The first-order valence-electron chi connectivity index (χ1n) is 7.69. The number of hydrogen-bond acceptors (Lipinski definition) is 2. The van der Waals surface area contributed by atoms with Crippen LogP contribution in [-0.4, -0.2) is 17.2 Å². The van der Waals surface area contributed by atoms with Gasteiger partial charge in [0, 0.05) is 10.9 Å². The molecule has 2 rings (SSSR count). The number of amides is 1. The second-order valence-corrected chi connectivity index (χ2v) is 7.16. The van der Waals surface area contributed by atoms with Gasteiger partial charge in [0.2, 0.25) is 5.91 Å². The van der Waals surface area contributed by atoms with Gasteiger partial charge in [-0.15, -0.1) is 11.8 Å². The molecule has 3 heteroatoms. The molecule has 2 nitrogen and oxygen atoms in total. The minimum absolute atomic E-state index is 0.0336. The van der Waals surface area contributed by atoms with E-state index in [-0.39, 0.29) is 17.2 Å². The van der Waals surface area contributed by atoms with E-state index in [1.807, 2.05) is 6.92 Å². The molecule has 1 aromatic carbocycles. The number of aryl methyl sites for hydroxylation is 2. The van der Waals surface area contributed by atoms with E-state index in [0.29, 0.717) is 0 Å². The van der Waals surface area contributed by atoms with Crippen molar-refractivity contribution in [3.05, 3.63) is 29.3 Å². The van der Waals surface area contributed by atoms with Crippen molar-refractivity contribution in [2.24, 2.45) is 0 Å². The molecule has 110 valence electrons. The maximum atomic E-state index is 12.1. The molecule has 1 N–H and O–H groups in total. The average molecular weight is 291 g/mol. The monoisotopic (exact) mass is 291 g/mol. The van der Waals surface area contributed by atoms with E-state index in [0.717, 1.165) is 12.8 Å². The van der Waals surface area contributed by atoms with E-state index in [1.54, 1.807) is 11.8 Å². The fourth-order valence-electron chi connectivity index (χ4n) is 2.74. The first-order valence-corrected chi connectivity index (χ1v) is 8.57. The molecular formula is C17H25NOS. The molecule has 1 aliphatic rings. The van der Waals surface area contributed by atoms with Crippen molar-refractivity contribution in [2.45, 2.75) is 69.1 Å². The lowest BCUT2D eigenvalue weighted by molar-refractivity contribution is -0.120. The molecule has 0 saturated heterocycles. The van der Waals surface area contributed by atoms with Crippen molar-refractivity contribution in [1.82, 2.24) is 5.32 Å². The van der Waals surface area contributed by atoms with Gasteiger partial charge in [0.1, 0.15) is 0 Å². The quantitative estimate of drug-likeness (QED) is 0.804. The van der Waals surface area contributed by atoms with Gasteiger partial charge in [-0.25, -0.2) is 0 Å². The van der Waals surface area contributed by atoms with Gasteiger partial charge in [-0.05, 0) is 62.8 Å². The molecule has 0 aliphatic heterocycles. The molecule has 0 bridgehead atoms. The lowest BCUT2D eigenvalue weighted by Gasteiger charge is -2.17. The van der Waals surface area contributed by atoms with Gasteiger partial charge < -0.3 is 5.32 Å². The standard InChI is InChI=1S/C17H25NOS/c1-4-6-12(2)18-17(19)13(3)20-16-10-9-14-7-5-8-15(14)11-16/h9-13H,4-8H2,1-3H3,(H,18,19). The van der Waals surface area contributed by atoms with Crippen LogP contribution in [0.15, 0.2) is 23.1 Å². The highest BCUT2D eigenvalue weighted by Crippen LogP contribution is 2.29. The third-order valence-corrected chi connectivity index (χ3v) is 4.96. The summed E-state index contributed by atoms with van der Waals surface area (Å²) in [7, 11) is 0.